The van der Waals surface area contributed by atoms with Crippen molar-refractivity contribution in [3.63, 3.8) is 0 Å². The maximum absolute atomic E-state index is 11.7. The molecule has 0 saturated heterocycles. The van der Waals surface area contributed by atoms with Gasteiger partial charge in [0.15, 0.2) is 6.61 Å². The van der Waals surface area contributed by atoms with Gasteiger partial charge in [0, 0.05) is 10.7 Å². The molecule has 5 nitrogen and oxygen atoms in total. The Kier molecular flexibility index (Phi) is 5.01. The van der Waals surface area contributed by atoms with Crippen molar-refractivity contribution in [3.8, 4) is 5.75 Å². The Hall–Kier alpha value is -2.53. The lowest BCUT2D eigenvalue weighted by atomic mass is 10.2. The molecule has 2 rings (SSSR count). The molecule has 114 valence electrons. The summed E-state index contributed by atoms with van der Waals surface area (Å²) in [6.07, 6.45) is 0. The van der Waals surface area contributed by atoms with E-state index in [2.05, 4.69) is 5.32 Å². The van der Waals surface area contributed by atoms with Crippen LogP contribution in [-0.4, -0.2) is 23.6 Å². The molecule has 0 fully saturated rings. The van der Waals surface area contributed by atoms with E-state index in [9.17, 15) is 14.7 Å². The van der Waals surface area contributed by atoms with E-state index in [-0.39, 0.29) is 11.3 Å². The molecule has 1 amide bonds. The zero-order valence-electron chi connectivity index (χ0n) is 11.8. The van der Waals surface area contributed by atoms with Crippen molar-refractivity contribution in [1.82, 2.24) is 0 Å². The molecule has 2 aromatic carbocycles. The van der Waals surface area contributed by atoms with Gasteiger partial charge in [-0.05, 0) is 36.8 Å². The van der Waals surface area contributed by atoms with Gasteiger partial charge in [-0.2, -0.15) is 0 Å². The number of phenols is 1. The van der Waals surface area contributed by atoms with Crippen molar-refractivity contribution in [2.24, 2.45) is 0 Å². The molecule has 0 unspecified atom stereocenters. The lowest BCUT2D eigenvalue weighted by molar-refractivity contribution is -0.119. The number of ether oxygens (including phenoxy) is 1. The van der Waals surface area contributed by atoms with Crippen LogP contribution in [0.5, 0.6) is 5.75 Å². The number of halogens is 1. The topological polar surface area (TPSA) is 75.6 Å². The number of para-hydroxylation sites is 1. The highest BCUT2D eigenvalue weighted by Crippen LogP contribution is 2.20. The third kappa shape index (κ3) is 3.99. The van der Waals surface area contributed by atoms with Crippen LogP contribution in [-0.2, 0) is 9.53 Å². The summed E-state index contributed by atoms with van der Waals surface area (Å²) in [4.78, 5) is 23.5. The quantitative estimate of drug-likeness (QED) is 0.849. The SMILES string of the molecule is Cc1ccc(NC(=O)COC(=O)c2ccccc2O)cc1Cl. The molecule has 0 bridgehead atoms. The number of rotatable bonds is 4. The second-order valence-electron chi connectivity index (χ2n) is 4.61. The number of carbonyl (C=O) groups is 2. The van der Waals surface area contributed by atoms with Gasteiger partial charge in [0.2, 0.25) is 0 Å². The summed E-state index contributed by atoms with van der Waals surface area (Å²) in [6.45, 7) is 1.39. The molecule has 0 aromatic heterocycles. The van der Waals surface area contributed by atoms with Crippen molar-refractivity contribution in [2.75, 3.05) is 11.9 Å². The van der Waals surface area contributed by atoms with Gasteiger partial charge in [-0.1, -0.05) is 29.8 Å². The summed E-state index contributed by atoms with van der Waals surface area (Å²) in [5, 5.41) is 12.6. The number of hydrogen-bond acceptors (Lipinski definition) is 4. The number of amides is 1. The molecule has 0 aliphatic heterocycles. The van der Waals surface area contributed by atoms with Crippen LogP contribution in [0, 0.1) is 6.92 Å². The second-order valence-corrected chi connectivity index (χ2v) is 5.01. The first-order valence-corrected chi connectivity index (χ1v) is 6.86. The molecule has 0 radical (unpaired) electrons. The van der Waals surface area contributed by atoms with E-state index in [1.165, 1.54) is 12.1 Å². The molecule has 0 aliphatic rings. The number of anilines is 1. The number of aryl methyl sites for hydroxylation is 1. The summed E-state index contributed by atoms with van der Waals surface area (Å²) in [5.74, 6) is -1.46. The standard InChI is InChI=1S/C16H14ClNO4/c1-10-6-7-11(8-13(10)17)18-15(20)9-22-16(21)12-4-2-3-5-14(12)19/h2-8,19H,9H2,1H3,(H,18,20). The number of nitrogens with one attached hydrogen (secondary N) is 1. The molecular weight excluding hydrogens is 306 g/mol. The van der Waals surface area contributed by atoms with E-state index in [0.29, 0.717) is 10.7 Å². The van der Waals surface area contributed by atoms with Crippen LogP contribution in [0.25, 0.3) is 0 Å². The fraction of sp³-hybridized carbons (Fsp3) is 0.125. The van der Waals surface area contributed by atoms with Gasteiger partial charge in [0.25, 0.3) is 5.91 Å². The molecule has 0 spiro atoms. The highest BCUT2D eigenvalue weighted by Gasteiger charge is 2.13. The van der Waals surface area contributed by atoms with Gasteiger partial charge < -0.3 is 15.2 Å². The van der Waals surface area contributed by atoms with Gasteiger partial charge in [-0.25, -0.2) is 4.79 Å². The number of aromatic hydroxyl groups is 1. The van der Waals surface area contributed by atoms with Crippen molar-refractivity contribution < 1.29 is 19.4 Å². The summed E-state index contributed by atoms with van der Waals surface area (Å²) in [5.41, 5.74) is 1.42. The van der Waals surface area contributed by atoms with E-state index in [1.54, 1.807) is 30.3 Å². The van der Waals surface area contributed by atoms with Crippen LogP contribution in [0.4, 0.5) is 5.69 Å². The lowest BCUT2D eigenvalue weighted by Crippen LogP contribution is -2.21. The van der Waals surface area contributed by atoms with Crippen molar-refractivity contribution >= 4 is 29.2 Å². The van der Waals surface area contributed by atoms with Crippen molar-refractivity contribution in [2.45, 2.75) is 6.92 Å². The highest BCUT2D eigenvalue weighted by atomic mass is 35.5. The van der Waals surface area contributed by atoms with Crippen molar-refractivity contribution in [3.05, 3.63) is 58.6 Å². The molecule has 2 aromatic rings. The van der Waals surface area contributed by atoms with Crippen LogP contribution in [0.1, 0.15) is 15.9 Å². The Bertz CT molecular complexity index is 715. The summed E-state index contributed by atoms with van der Waals surface area (Å²) >= 11 is 5.96. The Morgan fingerprint density at radius 1 is 1.23 bits per heavy atom. The largest absolute Gasteiger partial charge is 0.507 e. The summed E-state index contributed by atoms with van der Waals surface area (Å²) in [6, 6.07) is 11.0. The van der Waals surface area contributed by atoms with Gasteiger partial charge >= 0.3 is 5.97 Å². The zero-order valence-corrected chi connectivity index (χ0v) is 12.6. The predicted octanol–water partition coefficient (Wildman–Crippen LogP) is 3.15. The first-order valence-electron chi connectivity index (χ1n) is 6.48. The average Bonchev–Trinajstić information content (AvgIpc) is 2.49. The maximum Gasteiger partial charge on any atom is 0.342 e. The van der Waals surface area contributed by atoms with E-state index < -0.39 is 18.5 Å². The van der Waals surface area contributed by atoms with E-state index in [4.69, 9.17) is 16.3 Å². The fourth-order valence-electron chi connectivity index (χ4n) is 1.72. The number of hydrogen-bond donors (Lipinski definition) is 2. The van der Waals surface area contributed by atoms with Gasteiger partial charge in [-0.15, -0.1) is 0 Å². The maximum atomic E-state index is 11.7. The molecule has 0 atom stereocenters. The Morgan fingerprint density at radius 3 is 2.64 bits per heavy atom. The monoisotopic (exact) mass is 319 g/mol. The Balaban J connectivity index is 1.91. The smallest absolute Gasteiger partial charge is 0.342 e. The fourth-order valence-corrected chi connectivity index (χ4v) is 1.90. The second kappa shape index (κ2) is 6.95. The molecule has 22 heavy (non-hydrogen) atoms. The molecular formula is C16H14ClNO4. The van der Waals surface area contributed by atoms with Gasteiger partial charge in [0.1, 0.15) is 11.3 Å². The minimum Gasteiger partial charge on any atom is -0.507 e. The normalized spacial score (nSPS) is 10.1. The third-order valence-electron chi connectivity index (χ3n) is 2.91. The number of carbonyl (C=O) groups excluding carboxylic acids is 2. The van der Waals surface area contributed by atoms with E-state index in [1.807, 2.05) is 6.92 Å². The van der Waals surface area contributed by atoms with Crippen molar-refractivity contribution in [1.29, 1.82) is 0 Å². The Morgan fingerprint density at radius 2 is 1.95 bits per heavy atom. The molecule has 2 N–H and O–H groups in total. The van der Waals surface area contributed by atoms with Crippen LogP contribution >= 0.6 is 11.6 Å². The first-order chi connectivity index (χ1) is 10.5. The summed E-state index contributed by atoms with van der Waals surface area (Å²) < 4.78 is 4.85. The number of esters is 1. The minimum atomic E-state index is -0.768. The minimum absolute atomic E-state index is 0.00804. The molecule has 0 saturated carbocycles. The Labute approximate surface area is 132 Å². The first kappa shape index (κ1) is 15.9. The number of phenolic OH excluding ortho intramolecular Hbond substituents is 1. The average molecular weight is 320 g/mol. The van der Waals surface area contributed by atoms with Gasteiger partial charge in [0.05, 0.1) is 0 Å². The van der Waals surface area contributed by atoms with Crippen LogP contribution in [0.3, 0.4) is 0 Å². The predicted molar refractivity (Wildman–Crippen MR) is 83.2 cm³/mol. The lowest BCUT2D eigenvalue weighted by Gasteiger charge is -2.08. The number of benzene rings is 2. The van der Waals surface area contributed by atoms with Crippen LogP contribution in [0.15, 0.2) is 42.5 Å². The molecule has 0 heterocycles. The van der Waals surface area contributed by atoms with E-state index >= 15 is 0 Å². The third-order valence-corrected chi connectivity index (χ3v) is 3.32. The van der Waals surface area contributed by atoms with Crippen LogP contribution < -0.4 is 5.32 Å². The summed E-state index contributed by atoms with van der Waals surface area (Å²) in [7, 11) is 0. The molecule has 0 aliphatic carbocycles. The van der Waals surface area contributed by atoms with Crippen LogP contribution in [0.2, 0.25) is 5.02 Å². The highest BCUT2D eigenvalue weighted by molar-refractivity contribution is 6.31. The van der Waals surface area contributed by atoms with E-state index in [0.717, 1.165) is 5.56 Å². The molecule has 6 heteroatoms. The van der Waals surface area contributed by atoms with Gasteiger partial charge in [-0.3, -0.25) is 4.79 Å². The zero-order chi connectivity index (χ0) is 16.1.